The molecule has 1 amide bonds. The zero-order chi connectivity index (χ0) is 19.8. The van der Waals surface area contributed by atoms with Crippen molar-refractivity contribution >= 4 is 17.5 Å². The number of hydrogen-bond donors (Lipinski definition) is 0. The molecule has 28 heavy (non-hydrogen) atoms. The Bertz CT molecular complexity index is 1020. The minimum absolute atomic E-state index is 0.165. The lowest BCUT2D eigenvalue weighted by Gasteiger charge is -2.28. The quantitative estimate of drug-likeness (QED) is 0.668. The van der Waals surface area contributed by atoms with Crippen molar-refractivity contribution < 1.29 is 9.21 Å². The number of fused-ring (bicyclic) bond motifs is 1. The topological polar surface area (TPSA) is 77.1 Å². The number of carbonyl (C=O) groups excluding carboxylic acids is 1. The molecule has 8 heteroatoms. The summed E-state index contributed by atoms with van der Waals surface area (Å²) in [5.74, 6) is 1.18. The van der Waals surface area contributed by atoms with Gasteiger partial charge in [-0.25, -0.2) is 0 Å². The second-order valence-corrected chi connectivity index (χ2v) is 7.86. The van der Waals surface area contributed by atoms with Crippen LogP contribution in [0.25, 0.3) is 23.0 Å². The average Bonchev–Trinajstić information content (AvgIpc) is 3.26. The second-order valence-electron chi connectivity index (χ2n) is 7.45. The molecule has 0 saturated heterocycles. The normalized spacial score (nSPS) is 13.8. The van der Waals surface area contributed by atoms with E-state index in [1.807, 2.05) is 34.8 Å². The summed E-state index contributed by atoms with van der Waals surface area (Å²) in [4.78, 5) is 14.4. The van der Waals surface area contributed by atoms with E-state index in [1.165, 1.54) is 0 Å². The SMILES string of the molecule is CC(C)CC(=O)N1CCc2c(c(-c3nnc(-c4ccccc4Cl)o3)nn2C)C1. The van der Waals surface area contributed by atoms with Gasteiger partial charge in [-0.05, 0) is 18.1 Å². The number of nitrogens with zero attached hydrogens (tertiary/aromatic N) is 5. The Morgan fingerprint density at radius 3 is 2.75 bits per heavy atom. The second kappa shape index (κ2) is 7.39. The maximum absolute atomic E-state index is 12.5. The maximum Gasteiger partial charge on any atom is 0.268 e. The Labute approximate surface area is 168 Å². The summed E-state index contributed by atoms with van der Waals surface area (Å²) in [6, 6.07) is 7.33. The Kier molecular flexibility index (Phi) is 4.93. The molecule has 0 radical (unpaired) electrons. The molecule has 1 aliphatic rings. The summed E-state index contributed by atoms with van der Waals surface area (Å²) >= 11 is 6.24. The fourth-order valence-electron chi connectivity index (χ4n) is 3.52. The van der Waals surface area contributed by atoms with Crippen molar-refractivity contribution in [3.63, 3.8) is 0 Å². The molecule has 0 fully saturated rings. The predicted octanol–water partition coefficient (Wildman–Crippen LogP) is 3.72. The van der Waals surface area contributed by atoms with Crippen molar-refractivity contribution in [2.24, 2.45) is 13.0 Å². The maximum atomic E-state index is 12.5. The fourth-order valence-corrected chi connectivity index (χ4v) is 3.73. The summed E-state index contributed by atoms with van der Waals surface area (Å²) < 4.78 is 7.73. The van der Waals surface area contributed by atoms with Crippen molar-refractivity contribution in [3.05, 3.63) is 40.5 Å². The standard InChI is InChI=1S/C20H22ClN5O2/c1-12(2)10-17(27)26-9-8-16-14(11-26)18(24-25(16)3)20-23-22-19(28-20)13-6-4-5-7-15(13)21/h4-7,12H,8-11H2,1-3H3. The van der Waals surface area contributed by atoms with Gasteiger partial charge in [0.05, 0.1) is 10.6 Å². The van der Waals surface area contributed by atoms with E-state index in [-0.39, 0.29) is 5.91 Å². The third-order valence-corrected chi connectivity index (χ3v) is 5.24. The molecule has 0 aliphatic carbocycles. The van der Waals surface area contributed by atoms with Crippen LogP contribution in [0.15, 0.2) is 28.7 Å². The average molecular weight is 400 g/mol. The van der Waals surface area contributed by atoms with Crippen LogP contribution in [-0.4, -0.2) is 37.3 Å². The molecule has 0 atom stereocenters. The minimum Gasteiger partial charge on any atom is -0.414 e. The van der Waals surface area contributed by atoms with Crippen LogP contribution < -0.4 is 0 Å². The van der Waals surface area contributed by atoms with Crippen LogP contribution in [-0.2, 0) is 24.8 Å². The van der Waals surface area contributed by atoms with Crippen LogP contribution in [0.1, 0.15) is 31.5 Å². The molecule has 1 aliphatic heterocycles. The van der Waals surface area contributed by atoms with E-state index in [0.717, 1.165) is 17.7 Å². The lowest BCUT2D eigenvalue weighted by Crippen LogP contribution is -2.36. The summed E-state index contributed by atoms with van der Waals surface area (Å²) in [6.45, 7) is 5.31. The summed E-state index contributed by atoms with van der Waals surface area (Å²) in [5, 5.41) is 13.5. The number of hydrogen-bond acceptors (Lipinski definition) is 5. The van der Waals surface area contributed by atoms with Crippen molar-refractivity contribution in [2.45, 2.75) is 33.2 Å². The molecule has 0 spiro atoms. The number of aromatic nitrogens is 4. The first-order valence-corrected chi connectivity index (χ1v) is 9.73. The van der Waals surface area contributed by atoms with E-state index in [9.17, 15) is 4.79 Å². The number of rotatable bonds is 4. The zero-order valence-electron chi connectivity index (χ0n) is 16.1. The van der Waals surface area contributed by atoms with Crippen LogP contribution >= 0.6 is 11.6 Å². The van der Waals surface area contributed by atoms with Gasteiger partial charge in [0.15, 0.2) is 5.69 Å². The number of halogens is 1. The Hall–Kier alpha value is -2.67. The first kappa shape index (κ1) is 18.7. The highest BCUT2D eigenvalue weighted by atomic mass is 35.5. The molecule has 3 heterocycles. The van der Waals surface area contributed by atoms with Gasteiger partial charge >= 0.3 is 0 Å². The molecule has 7 nitrogen and oxygen atoms in total. The highest BCUT2D eigenvalue weighted by Crippen LogP contribution is 2.32. The molecule has 3 aromatic rings. The number of amides is 1. The van der Waals surface area contributed by atoms with Crippen LogP contribution in [0.3, 0.4) is 0 Å². The Balaban J connectivity index is 1.66. The molecular weight excluding hydrogens is 378 g/mol. The summed E-state index contributed by atoms with van der Waals surface area (Å²) in [6.07, 6.45) is 1.30. The Morgan fingerprint density at radius 1 is 1.25 bits per heavy atom. The van der Waals surface area contributed by atoms with E-state index in [4.69, 9.17) is 16.0 Å². The molecule has 0 unspecified atom stereocenters. The lowest BCUT2D eigenvalue weighted by molar-refractivity contribution is -0.132. The minimum atomic E-state index is 0.165. The first-order chi connectivity index (χ1) is 13.4. The van der Waals surface area contributed by atoms with Gasteiger partial charge in [-0.2, -0.15) is 5.10 Å². The van der Waals surface area contributed by atoms with Gasteiger partial charge in [-0.3, -0.25) is 9.48 Å². The highest BCUT2D eigenvalue weighted by molar-refractivity contribution is 6.33. The largest absolute Gasteiger partial charge is 0.414 e. The molecule has 146 valence electrons. The van der Waals surface area contributed by atoms with Gasteiger partial charge in [0, 0.05) is 44.2 Å². The summed E-state index contributed by atoms with van der Waals surface area (Å²) in [5.41, 5.74) is 3.38. The van der Waals surface area contributed by atoms with Gasteiger partial charge in [-0.1, -0.05) is 37.6 Å². The third kappa shape index (κ3) is 3.42. The number of carbonyl (C=O) groups is 1. The van der Waals surface area contributed by atoms with Crippen LogP contribution in [0.5, 0.6) is 0 Å². The smallest absolute Gasteiger partial charge is 0.268 e. The molecule has 0 bridgehead atoms. The van der Waals surface area contributed by atoms with Gasteiger partial charge in [0.2, 0.25) is 11.8 Å². The van der Waals surface area contributed by atoms with Crippen molar-refractivity contribution in [3.8, 4) is 23.0 Å². The van der Waals surface area contributed by atoms with Gasteiger partial charge in [-0.15, -0.1) is 10.2 Å². The Morgan fingerprint density at radius 2 is 2.00 bits per heavy atom. The predicted molar refractivity (Wildman–Crippen MR) is 106 cm³/mol. The van der Waals surface area contributed by atoms with E-state index >= 15 is 0 Å². The molecule has 2 aromatic heterocycles. The van der Waals surface area contributed by atoms with Crippen molar-refractivity contribution in [2.75, 3.05) is 6.54 Å². The first-order valence-electron chi connectivity index (χ1n) is 9.35. The fraction of sp³-hybridized carbons (Fsp3) is 0.400. The monoisotopic (exact) mass is 399 g/mol. The van der Waals surface area contributed by atoms with E-state index < -0.39 is 0 Å². The molecule has 1 aromatic carbocycles. The van der Waals surface area contributed by atoms with Gasteiger partial charge in [0.1, 0.15) is 0 Å². The van der Waals surface area contributed by atoms with Crippen molar-refractivity contribution in [1.29, 1.82) is 0 Å². The van der Waals surface area contributed by atoms with Crippen molar-refractivity contribution in [1.82, 2.24) is 24.9 Å². The van der Waals surface area contributed by atoms with Crippen LogP contribution in [0.4, 0.5) is 0 Å². The van der Waals surface area contributed by atoms with Gasteiger partial charge in [0.25, 0.3) is 5.89 Å². The van der Waals surface area contributed by atoms with Gasteiger partial charge < -0.3 is 9.32 Å². The zero-order valence-corrected chi connectivity index (χ0v) is 16.9. The molecule has 0 saturated carbocycles. The molecule has 0 N–H and O–H groups in total. The number of aryl methyl sites for hydroxylation is 1. The molecule has 4 rings (SSSR count). The van der Waals surface area contributed by atoms with Crippen LogP contribution in [0.2, 0.25) is 5.02 Å². The van der Waals surface area contributed by atoms with E-state index in [2.05, 4.69) is 29.1 Å². The number of benzene rings is 1. The van der Waals surface area contributed by atoms with E-state index in [1.54, 1.807) is 6.07 Å². The lowest BCUT2D eigenvalue weighted by atomic mass is 10.0. The highest BCUT2D eigenvalue weighted by Gasteiger charge is 2.29. The molecular formula is C20H22ClN5O2. The third-order valence-electron chi connectivity index (χ3n) is 4.91. The van der Waals surface area contributed by atoms with Crippen LogP contribution in [0, 0.1) is 5.92 Å². The van der Waals surface area contributed by atoms with E-state index in [0.29, 0.717) is 53.5 Å². The summed E-state index contributed by atoms with van der Waals surface area (Å²) in [7, 11) is 1.90.